The van der Waals surface area contributed by atoms with E-state index in [9.17, 15) is 14.3 Å². The lowest BCUT2D eigenvalue weighted by Gasteiger charge is -2.13. The van der Waals surface area contributed by atoms with Crippen molar-refractivity contribution in [3.63, 3.8) is 0 Å². The SMILES string of the molecule is O=C(NCCCn1cncn1)NC[C@@H](O)c1ccccc1F. The molecular weight excluding hydrogens is 289 g/mol. The van der Waals surface area contributed by atoms with Gasteiger partial charge in [0, 0.05) is 25.2 Å². The molecule has 7 nitrogen and oxygen atoms in total. The average molecular weight is 307 g/mol. The monoisotopic (exact) mass is 307 g/mol. The summed E-state index contributed by atoms with van der Waals surface area (Å²) in [7, 11) is 0. The summed E-state index contributed by atoms with van der Waals surface area (Å²) in [5.74, 6) is -0.495. The number of nitrogens with zero attached hydrogens (tertiary/aromatic N) is 3. The van der Waals surface area contributed by atoms with E-state index in [0.717, 1.165) is 0 Å². The Morgan fingerprint density at radius 3 is 2.91 bits per heavy atom. The van der Waals surface area contributed by atoms with E-state index in [0.29, 0.717) is 19.5 Å². The summed E-state index contributed by atoms with van der Waals surface area (Å²) in [5, 5.41) is 18.9. The third-order valence-electron chi connectivity index (χ3n) is 3.04. The highest BCUT2D eigenvalue weighted by molar-refractivity contribution is 5.73. The molecule has 22 heavy (non-hydrogen) atoms. The lowest BCUT2D eigenvalue weighted by molar-refractivity contribution is 0.169. The van der Waals surface area contributed by atoms with Gasteiger partial charge in [0.1, 0.15) is 18.5 Å². The van der Waals surface area contributed by atoms with Gasteiger partial charge in [-0.2, -0.15) is 5.10 Å². The number of hydrogen-bond donors (Lipinski definition) is 3. The number of aliphatic hydroxyl groups excluding tert-OH is 1. The third kappa shape index (κ3) is 4.81. The van der Waals surface area contributed by atoms with E-state index in [-0.39, 0.29) is 12.1 Å². The number of hydrogen-bond acceptors (Lipinski definition) is 4. The summed E-state index contributed by atoms with van der Waals surface area (Å²) < 4.78 is 15.1. The summed E-state index contributed by atoms with van der Waals surface area (Å²) in [6.45, 7) is 1.05. The van der Waals surface area contributed by atoms with Crippen molar-refractivity contribution in [1.82, 2.24) is 25.4 Å². The average Bonchev–Trinajstić information content (AvgIpc) is 3.03. The highest BCUT2D eigenvalue weighted by atomic mass is 19.1. The molecule has 0 saturated heterocycles. The molecule has 0 fully saturated rings. The number of urea groups is 1. The van der Waals surface area contributed by atoms with E-state index in [2.05, 4.69) is 20.7 Å². The second-order valence-corrected chi connectivity index (χ2v) is 4.69. The Labute approximate surface area is 127 Å². The highest BCUT2D eigenvalue weighted by Gasteiger charge is 2.12. The molecule has 1 aromatic heterocycles. The van der Waals surface area contributed by atoms with E-state index in [1.807, 2.05) is 0 Å². The number of nitrogens with one attached hydrogen (secondary N) is 2. The Balaban J connectivity index is 1.64. The zero-order valence-corrected chi connectivity index (χ0v) is 11.9. The maximum Gasteiger partial charge on any atom is 0.314 e. The summed E-state index contributed by atoms with van der Waals surface area (Å²) in [6.07, 6.45) is 2.67. The van der Waals surface area contributed by atoms with Crippen LogP contribution in [0.5, 0.6) is 0 Å². The molecular formula is C14H18FN5O2. The van der Waals surface area contributed by atoms with Crippen LogP contribution >= 0.6 is 0 Å². The normalized spacial score (nSPS) is 11.9. The van der Waals surface area contributed by atoms with E-state index in [4.69, 9.17) is 0 Å². The largest absolute Gasteiger partial charge is 0.386 e. The predicted octanol–water partition coefficient (Wildman–Crippen LogP) is 0.840. The van der Waals surface area contributed by atoms with Gasteiger partial charge in [0.05, 0.1) is 6.10 Å². The van der Waals surface area contributed by atoms with Gasteiger partial charge in [-0.15, -0.1) is 0 Å². The minimum atomic E-state index is -1.08. The van der Waals surface area contributed by atoms with Gasteiger partial charge < -0.3 is 15.7 Å². The van der Waals surface area contributed by atoms with Gasteiger partial charge in [0.15, 0.2) is 0 Å². The first-order chi connectivity index (χ1) is 10.7. The maximum absolute atomic E-state index is 13.4. The molecule has 2 aromatic rings. The molecule has 118 valence electrons. The summed E-state index contributed by atoms with van der Waals surface area (Å²) in [6, 6.07) is 5.52. The maximum atomic E-state index is 13.4. The topological polar surface area (TPSA) is 92.1 Å². The van der Waals surface area contributed by atoms with Crippen LogP contribution in [0.2, 0.25) is 0 Å². The Morgan fingerprint density at radius 2 is 2.18 bits per heavy atom. The van der Waals surface area contributed by atoms with Crippen LogP contribution in [-0.2, 0) is 6.54 Å². The van der Waals surface area contributed by atoms with Crippen molar-refractivity contribution in [2.24, 2.45) is 0 Å². The molecule has 8 heteroatoms. The van der Waals surface area contributed by atoms with Crippen LogP contribution in [0.15, 0.2) is 36.9 Å². The molecule has 0 aliphatic rings. The number of halogens is 1. The third-order valence-corrected chi connectivity index (χ3v) is 3.04. The molecule has 0 bridgehead atoms. The zero-order chi connectivity index (χ0) is 15.8. The van der Waals surface area contributed by atoms with E-state index < -0.39 is 18.0 Å². The fourth-order valence-corrected chi connectivity index (χ4v) is 1.90. The van der Waals surface area contributed by atoms with Crippen LogP contribution in [0.3, 0.4) is 0 Å². The number of rotatable bonds is 7. The molecule has 3 N–H and O–H groups in total. The van der Waals surface area contributed by atoms with Crippen molar-refractivity contribution in [3.8, 4) is 0 Å². The molecule has 1 heterocycles. The number of aliphatic hydroxyl groups is 1. The Bertz CT molecular complexity index is 591. The van der Waals surface area contributed by atoms with Gasteiger partial charge in [0.25, 0.3) is 0 Å². The standard InChI is InChI=1S/C14H18FN5O2/c15-12-5-2-1-4-11(12)13(21)8-18-14(22)17-6-3-7-20-10-16-9-19-20/h1-2,4-5,9-10,13,21H,3,6-8H2,(H2,17,18,22)/t13-/m1/s1. The molecule has 2 amide bonds. The van der Waals surface area contributed by atoms with Gasteiger partial charge in [-0.3, -0.25) is 4.68 Å². The van der Waals surface area contributed by atoms with Gasteiger partial charge in [-0.1, -0.05) is 18.2 Å². The number of aryl methyl sites for hydroxylation is 1. The lowest BCUT2D eigenvalue weighted by atomic mass is 10.1. The van der Waals surface area contributed by atoms with Gasteiger partial charge in [-0.25, -0.2) is 14.2 Å². The van der Waals surface area contributed by atoms with Crippen molar-refractivity contribution < 1.29 is 14.3 Å². The smallest absolute Gasteiger partial charge is 0.314 e. The minimum Gasteiger partial charge on any atom is -0.386 e. The summed E-state index contributed by atoms with van der Waals surface area (Å²) in [4.78, 5) is 15.4. The van der Waals surface area contributed by atoms with Crippen LogP contribution in [0, 0.1) is 5.82 Å². The van der Waals surface area contributed by atoms with Crippen molar-refractivity contribution in [2.45, 2.75) is 19.1 Å². The number of amides is 2. The quantitative estimate of drug-likeness (QED) is 0.661. The molecule has 1 atom stereocenters. The molecule has 1 aromatic carbocycles. The van der Waals surface area contributed by atoms with E-state index >= 15 is 0 Å². The molecule has 2 rings (SSSR count). The van der Waals surface area contributed by atoms with Crippen LogP contribution in [-0.4, -0.2) is 39.0 Å². The van der Waals surface area contributed by atoms with Gasteiger partial charge in [0.2, 0.25) is 0 Å². The first-order valence-electron chi connectivity index (χ1n) is 6.93. The highest BCUT2D eigenvalue weighted by Crippen LogP contribution is 2.15. The van der Waals surface area contributed by atoms with Crippen LogP contribution in [0.1, 0.15) is 18.1 Å². The molecule has 0 radical (unpaired) electrons. The Kier molecular flexibility index (Phi) is 5.84. The summed E-state index contributed by atoms with van der Waals surface area (Å²) >= 11 is 0. The fraction of sp³-hybridized carbons (Fsp3) is 0.357. The van der Waals surface area contributed by atoms with Crippen LogP contribution in [0.4, 0.5) is 9.18 Å². The lowest BCUT2D eigenvalue weighted by Crippen LogP contribution is -2.38. The number of carbonyl (C=O) groups is 1. The Morgan fingerprint density at radius 1 is 1.36 bits per heavy atom. The molecule has 0 saturated carbocycles. The molecule has 0 spiro atoms. The first-order valence-corrected chi connectivity index (χ1v) is 6.93. The van der Waals surface area contributed by atoms with Gasteiger partial charge in [-0.05, 0) is 12.5 Å². The van der Waals surface area contributed by atoms with Crippen LogP contribution in [0.25, 0.3) is 0 Å². The second kappa shape index (κ2) is 8.08. The molecule has 0 aliphatic heterocycles. The zero-order valence-electron chi connectivity index (χ0n) is 11.9. The van der Waals surface area contributed by atoms with E-state index in [1.165, 1.54) is 18.5 Å². The van der Waals surface area contributed by atoms with Crippen molar-refractivity contribution in [3.05, 3.63) is 48.3 Å². The number of carbonyl (C=O) groups excluding carboxylic acids is 1. The summed E-state index contributed by atoms with van der Waals surface area (Å²) in [5.41, 5.74) is 0.161. The molecule has 0 unspecified atom stereocenters. The van der Waals surface area contributed by atoms with Crippen molar-refractivity contribution in [1.29, 1.82) is 0 Å². The number of aromatic nitrogens is 3. The van der Waals surface area contributed by atoms with Gasteiger partial charge >= 0.3 is 6.03 Å². The van der Waals surface area contributed by atoms with Crippen molar-refractivity contribution >= 4 is 6.03 Å². The number of benzene rings is 1. The second-order valence-electron chi connectivity index (χ2n) is 4.69. The molecule has 0 aliphatic carbocycles. The first kappa shape index (κ1) is 15.9. The fourth-order valence-electron chi connectivity index (χ4n) is 1.90. The van der Waals surface area contributed by atoms with Crippen LogP contribution < -0.4 is 10.6 Å². The Hall–Kier alpha value is -2.48. The van der Waals surface area contributed by atoms with E-state index in [1.54, 1.807) is 23.1 Å². The predicted molar refractivity (Wildman–Crippen MR) is 77.4 cm³/mol. The van der Waals surface area contributed by atoms with Crippen molar-refractivity contribution in [2.75, 3.05) is 13.1 Å². The minimum absolute atomic E-state index is 0.0597.